The Hall–Kier alpha value is -1.18. The van der Waals surface area contributed by atoms with Crippen LogP contribution in [0.15, 0.2) is 18.5 Å². The van der Waals surface area contributed by atoms with Crippen LogP contribution in [0.3, 0.4) is 0 Å². The monoisotopic (exact) mass is 327 g/mol. The average molecular weight is 327 g/mol. The van der Waals surface area contributed by atoms with Crippen LogP contribution in [0.4, 0.5) is 5.82 Å². The fraction of sp³-hybridized carbons (Fsp3) is 0.300. The third kappa shape index (κ3) is 1.40. The standard InChI is InChI=1S/C10H10IN5/c11-8-7-9(12)13-5-14-10(7)16(15-8)6-3-1-2-4-6/h1-2,5-6H,3-4H2,(H2,12,13,14). The Morgan fingerprint density at radius 2 is 2.06 bits per heavy atom. The average Bonchev–Trinajstić information content (AvgIpc) is 2.86. The molecule has 0 saturated carbocycles. The lowest BCUT2D eigenvalue weighted by atomic mass is 10.2. The van der Waals surface area contributed by atoms with Crippen molar-refractivity contribution < 1.29 is 0 Å². The molecule has 2 aromatic heterocycles. The highest BCUT2D eigenvalue weighted by atomic mass is 127. The Morgan fingerprint density at radius 1 is 1.31 bits per heavy atom. The second-order valence-electron chi connectivity index (χ2n) is 3.79. The van der Waals surface area contributed by atoms with Crippen molar-refractivity contribution in [3.8, 4) is 0 Å². The van der Waals surface area contributed by atoms with E-state index in [0.29, 0.717) is 11.9 Å². The van der Waals surface area contributed by atoms with Gasteiger partial charge in [0.2, 0.25) is 0 Å². The Labute approximate surface area is 106 Å². The Morgan fingerprint density at radius 3 is 2.81 bits per heavy atom. The first-order valence-electron chi connectivity index (χ1n) is 5.06. The molecule has 0 atom stereocenters. The minimum atomic E-state index is 0.375. The summed E-state index contributed by atoms with van der Waals surface area (Å²) >= 11 is 2.18. The van der Waals surface area contributed by atoms with E-state index in [1.165, 1.54) is 6.33 Å². The summed E-state index contributed by atoms with van der Waals surface area (Å²) in [5.74, 6) is 0.506. The van der Waals surface area contributed by atoms with E-state index in [1.807, 2.05) is 4.68 Å². The van der Waals surface area contributed by atoms with Gasteiger partial charge < -0.3 is 5.73 Å². The zero-order valence-electron chi connectivity index (χ0n) is 8.47. The first-order valence-corrected chi connectivity index (χ1v) is 6.14. The molecule has 0 amide bonds. The van der Waals surface area contributed by atoms with Crippen molar-refractivity contribution in [2.75, 3.05) is 5.73 Å². The molecule has 2 aromatic rings. The molecule has 0 aliphatic heterocycles. The first kappa shape index (κ1) is 10.0. The zero-order chi connectivity index (χ0) is 11.1. The van der Waals surface area contributed by atoms with Crippen LogP contribution in [-0.2, 0) is 0 Å². The number of nitrogens with two attached hydrogens (primary N) is 1. The highest BCUT2D eigenvalue weighted by molar-refractivity contribution is 14.1. The summed E-state index contributed by atoms with van der Waals surface area (Å²) in [7, 11) is 0. The highest BCUT2D eigenvalue weighted by Crippen LogP contribution is 2.30. The van der Waals surface area contributed by atoms with Crippen molar-refractivity contribution in [3.63, 3.8) is 0 Å². The number of rotatable bonds is 1. The Balaban J connectivity index is 2.22. The summed E-state index contributed by atoms with van der Waals surface area (Å²) in [5, 5.41) is 5.38. The zero-order valence-corrected chi connectivity index (χ0v) is 10.6. The molecule has 5 nitrogen and oxygen atoms in total. The molecule has 16 heavy (non-hydrogen) atoms. The molecule has 0 bridgehead atoms. The Bertz CT molecular complexity index is 566. The van der Waals surface area contributed by atoms with Crippen molar-refractivity contribution in [1.29, 1.82) is 0 Å². The fourth-order valence-electron chi connectivity index (χ4n) is 2.01. The lowest BCUT2D eigenvalue weighted by Crippen LogP contribution is -2.08. The lowest BCUT2D eigenvalue weighted by Gasteiger charge is -2.10. The van der Waals surface area contributed by atoms with Gasteiger partial charge in [0.1, 0.15) is 15.8 Å². The quantitative estimate of drug-likeness (QED) is 0.642. The second-order valence-corrected chi connectivity index (χ2v) is 4.81. The summed E-state index contributed by atoms with van der Waals surface area (Å²) in [5.41, 5.74) is 6.68. The smallest absolute Gasteiger partial charge is 0.164 e. The molecule has 0 saturated heterocycles. The number of anilines is 1. The molecule has 6 heteroatoms. The topological polar surface area (TPSA) is 69.6 Å². The van der Waals surface area contributed by atoms with Gasteiger partial charge in [0, 0.05) is 0 Å². The van der Waals surface area contributed by atoms with Gasteiger partial charge in [-0.05, 0) is 35.4 Å². The van der Waals surface area contributed by atoms with Crippen LogP contribution in [0.1, 0.15) is 18.9 Å². The van der Waals surface area contributed by atoms with Gasteiger partial charge in [-0.25, -0.2) is 14.6 Å². The van der Waals surface area contributed by atoms with Crippen molar-refractivity contribution in [2.45, 2.75) is 18.9 Å². The number of nitrogens with zero attached hydrogens (tertiary/aromatic N) is 4. The maximum atomic E-state index is 5.84. The summed E-state index contributed by atoms with van der Waals surface area (Å²) in [6.07, 6.45) is 7.87. The van der Waals surface area contributed by atoms with Crippen LogP contribution in [0.2, 0.25) is 0 Å². The molecule has 0 radical (unpaired) electrons. The molecule has 0 spiro atoms. The largest absolute Gasteiger partial charge is 0.383 e. The van der Waals surface area contributed by atoms with Gasteiger partial charge in [0.25, 0.3) is 0 Å². The van der Waals surface area contributed by atoms with Crippen LogP contribution in [-0.4, -0.2) is 19.7 Å². The Kier molecular flexibility index (Phi) is 2.31. The molecule has 82 valence electrons. The van der Waals surface area contributed by atoms with Crippen molar-refractivity contribution in [2.24, 2.45) is 0 Å². The lowest BCUT2D eigenvalue weighted by molar-refractivity contribution is 0.490. The van der Waals surface area contributed by atoms with E-state index in [2.05, 4.69) is 49.8 Å². The normalized spacial score (nSPS) is 16.3. The number of halogens is 1. The van der Waals surface area contributed by atoms with Gasteiger partial charge in [-0.15, -0.1) is 0 Å². The van der Waals surface area contributed by atoms with Gasteiger partial charge in [-0.2, -0.15) is 5.10 Å². The van der Waals surface area contributed by atoms with E-state index in [9.17, 15) is 0 Å². The molecule has 0 fully saturated rings. The molecular formula is C10H10IN5. The summed E-state index contributed by atoms with van der Waals surface area (Å²) in [6, 6.07) is 0.375. The minimum Gasteiger partial charge on any atom is -0.383 e. The van der Waals surface area contributed by atoms with Gasteiger partial charge in [-0.1, -0.05) is 12.2 Å². The molecule has 1 aliphatic carbocycles. The van der Waals surface area contributed by atoms with Crippen LogP contribution in [0, 0.1) is 3.70 Å². The maximum Gasteiger partial charge on any atom is 0.164 e. The number of nitrogen functional groups attached to an aromatic ring is 1. The molecule has 3 rings (SSSR count). The van der Waals surface area contributed by atoms with Crippen LogP contribution < -0.4 is 5.73 Å². The van der Waals surface area contributed by atoms with E-state index in [-0.39, 0.29) is 0 Å². The maximum absolute atomic E-state index is 5.84. The molecule has 0 unspecified atom stereocenters. The molecule has 1 aliphatic rings. The summed E-state index contributed by atoms with van der Waals surface area (Å²) in [6.45, 7) is 0. The van der Waals surface area contributed by atoms with Crippen LogP contribution in [0.5, 0.6) is 0 Å². The van der Waals surface area contributed by atoms with Crippen molar-refractivity contribution in [1.82, 2.24) is 19.7 Å². The van der Waals surface area contributed by atoms with E-state index in [1.54, 1.807) is 0 Å². The predicted octanol–water partition coefficient (Wildman–Crippen LogP) is 1.90. The molecular weight excluding hydrogens is 317 g/mol. The third-order valence-electron chi connectivity index (χ3n) is 2.80. The highest BCUT2D eigenvalue weighted by Gasteiger charge is 2.20. The number of hydrogen-bond acceptors (Lipinski definition) is 4. The molecule has 2 heterocycles. The van der Waals surface area contributed by atoms with E-state index in [4.69, 9.17) is 5.73 Å². The molecule has 0 aromatic carbocycles. The fourth-order valence-corrected chi connectivity index (χ4v) is 2.76. The third-order valence-corrected chi connectivity index (χ3v) is 3.56. The minimum absolute atomic E-state index is 0.375. The van der Waals surface area contributed by atoms with Gasteiger partial charge >= 0.3 is 0 Å². The number of allylic oxidation sites excluding steroid dienone is 2. The predicted molar refractivity (Wildman–Crippen MR) is 69.9 cm³/mol. The van der Waals surface area contributed by atoms with E-state index < -0.39 is 0 Å². The van der Waals surface area contributed by atoms with Gasteiger partial charge in [-0.3, -0.25) is 0 Å². The van der Waals surface area contributed by atoms with Gasteiger partial charge in [0.15, 0.2) is 5.65 Å². The molecule has 2 N–H and O–H groups in total. The number of fused-ring (bicyclic) bond motifs is 1. The van der Waals surface area contributed by atoms with Gasteiger partial charge in [0.05, 0.1) is 11.4 Å². The number of hydrogen-bond donors (Lipinski definition) is 1. The number of aromatic nitrogens is 4. The van der Waals surface area contributed by atoms with E-state index in [0.717, 1.165) is 27.6 Å². The second kappa shape index (κ2) is 3.69. The summed E-state index contributed by atoms with van der Waals surface area (Å²) in [4.78, 5) is 8.29. The van der Waals surface area contributed by atoms with Crippen LogP contribution in [0.25, 0.3) is 11.0 Å². The van der Waals surface area contributed by atoms with Crippen molar-refractivity contribution in [3.05, 3.63) is 22.2 Å². The van der Waals surface area contributed by atoms with E-state index >= 15 is 0 Å². The first-order chi connectivity index (χ1) is 7.77. The van der Waals surface area contributed by atoms with Crippen LogP contribution >= 0.6 is 22.6 Å². The SMILES string of the molecule is Nc1ncnc2c1c(I)nn2C1CC=CC1. The summed E-state index contributed by atoms with van der Waals surface area (Å²) < 4.78 is 2.84. The van der Waals surface area contributed by atoms with Crippen molar-refractivity contribution >= 4 is 39.4 Å².